The van der Waals surface area contributed by atoms with Gasteiger partial charge in [-0.1, -0.05) is 36.4 Å². The molecule has 0 aliphatic carbocycles. The van der Waals surface area contributed by atoms with E-state index in [1.165, 1.54) is 6.07 Å². The Morgan fingerprint density at radius 1 is 1.23 bits per heavy atom. The van der Waals surface area contributed by atoms with Gasteiger partial charge in [0.1, 0.15) is 0 Å². The summed E-state index contributed by atoms with van der Waals surface area (Å²) < 4.78 is 28.0. The number of carbonyl (C=O) groups excluding carboxylic acids is 1. The van der Waals surface area contributed by atoms with Gasteiger partial charge in [0.25, 0.3) is 5.91 Å². The van der Waals surface area contributed by atoms with E-state index in [-0.39, 0.29) is 23.4 Å². The van der Waals surface area contributed by atoms with Crippen molar-refractivity contribution >= 4 is 15.9 Å². The molecule has 1 aliphatic rings. The Bertz CT molecular complexity index is 898. The van der Waals surface area contributed by atoms with Crippen LogP contribution in [0.4, 0.5) is 0 Å². The first-order chi connectivity index (χ1) is 12.4. The van der Waals surface area contributed by atoms with Crippen molar-refractivity contribution in [2.45, 2.75) is 30.8 Å². The monoisotopic (exact) mass is 373 g/mol. The van der Waals surface area contributed by atoms with Crippen LogP contribution in [0.3, 0.4) is 0 Å². The van der Waals surface area contributed by atoms with Crippen LogP contribution in [0.1, 0.15) is 27.9 Å². The van der Waals surface area contributed by atoms with Crippen molar-refractivity contribution in [3.63, 3.8) is 0 Å². The Morgan fingerprint density at radius 3 is 2.62 bits per heavy atom. The minimum atomic E-state index is -3.72. The molecule has 3 rings (SSSR count). The Morgan fingerprint density at radius 2 is 1.96 bits per heavy atom. The van der Waals surface area contributed by atoms with Crippen LogP contribution in [-0.2, 0) is 16.6 Å². The molecule has 1 heterocycles. The number of benzene rings is 2. The molecule has 26 heavy (non-hydrogen) atoms. The van der Waals surface area contributed by atoms with Crippen LogP contribution < -0.4 is 10.5 Å². The van der Waals surface area contributed by atoms with Crippen molar-refractivity contribution in [1.82, 2.24) is 9.62 Å². The molecular formula is C19H23N3O3S. The summed E-state index contributed by atoms with van der Waals surface area (Å²) in [4.78, 5) is 14.4. The second-order valence-corrected chi connectivity index (χ2v) is 8.33. The summed E-state index contributed by atoms with van der Waals surface area (Å²) >= 11 is 0. The molecule has 0 radical (unpaired) electrons. The number of carbonyl (C=O) groups is 1. The van der Waals surface area contributed by atoms with Crippen molar-refractivity contribution in [1.29, 1.82) is 0 Å². The molecular weight excluding hydrogens is 350 g/mol. The van der Waals surface area contributed by atoms with Crippen molar-refractivity contribution < 1.29 is 13.2 Å². The third-order valence-corrected chi connectivity index (χ3v) is 6.09. The lowest BCUT2D eigenvalue weighted by atomic mass is 10.1. The number of sulfonamides is 1. The number of nitrogens with two attached hydrogens (primary N) is 1. The average molecular weight is 373 g/mol. The zero-order chi connectivity index (χ0) is 18.7. The lowest BCUT2D eigenvalue weighted by Crippen LogP contribution is -2.32. The Balaban J connectivity index is 1.81. The van der Waals surface area contributed by atoms with E-state index in [2.05, 4.69) is 4.72 Å². The first-order valence-electron chi connectivity index (χ1n) is 8.56. The molecule has 1 atom stereocenters. The molecule has 1 fully saturated rings. The highest BCUT2D eigenvalue weighted by molar-refractivity contribution is 7.89. The van der Waals surface area contributed by atoms with E-state index in [4.69, 9.17) is 5.73 Å². The third-order valence-electron chi connectivity index (χ3n) is 4.55. The predicted molar refractivity (Wildman–Crippen MR) is 100 cm³/mol. The van der Waals surface area contributed by atoms with Crippen LogP contribution in [0.2, 0.25) is 0 Å². The summed E-state index contributed by atoms with van der Waals surface area (Å²) in [5, 5.41) is 0. The number of amides is 1. The van der Waals surface area contributed by atoms with Gasteiger partial charge >= 0.3 is 0 Å². The van der Waals surface area contributed by atoms with Crippen LogP contribution in [0.5, 0.6) is 0 Å². The van der Waals surface area contributed by atoms with Gasteiger partial charge in [-0.05, 0) is 36.6 Å². The molecule has 138 valence electrons. The van der Waals surface area contributed by atoms with Crippen molar-refractivity contribution in [2.24, 2.45) is 5.73 Å². The van der Waals surface area contributed by atoms with Gasteiger partial charge < -0.3 is 10.6 Å². The van der Waals surface area contributed by atoms with E-state index in [0.717, 1.165) is 12.0 Å². The summed E-state index contributed by atoms with van der Waals surface area (Å²) in [5.74, 6) is -0.183. The highest BCUT2D eigenvalue weighted by Crippen LogP contribution is 2.20. The normalized spacial score (nSPS) is 17.5. The van der Waals surface area contributed by atoms with Gasteiger partial charge in [-0.3, -0.25) is 4.79 Å². The molecule has 3 N–H and O–H groups in total. The minimum absolute atomic E-state index is 0.0138. The fourth-order valence-corrected chi connectivity index (χ4v) is 4.32. The Hall–Kier alpha value is -2.22. The van der Waals surface area contributed by atoms with Gasteiger partial charge in [-0.2, -0.15) is 0 Å². The molecule has 0 unspecified atom stereocenters. The molecule has 2 aromatic rings. The van der Waals surface area contributed by atoms with Crippen LogP contribution in [-0.4, -0.2) is 38.4 Å². The molecule has 0 saturated carbocycles. The number of aryl methyl sites for hydroxylation is 1. The molecule has 0 bridgehead atoms. The number of likely N-dealkylation sites (tertiary alicyclic amines) is 1. The van der Waals surface area contributed by atoms with Crippen molar-refractivity contribution in [2.75, 3.05) is 13.1 Å². The van der Waals surface area contributed by atoms with Gasteiger partial charge in [-0.25, -0.2) is 13.1 Å². The summed E-state index contributed by atoms with van der Waals surface area (Å²) in [6.07, 6.45) is 0.765. The number of rotatable bonds is 5. The van der Waals surface area contributed by atoms with E-state index in [9.17, 15) is 13.2 Å². The van der Waals surface area contributed by atoms with Crippen LogP contribution >= 0.6 is 0 Å². The molecule has 6 nitrogen and oxygen atoms in total. The Kier molecular flexibility index (Phi) is 5.41. The summed E-state index contributed by atoms with van der Waals surface area (Å²) in [6, 6.07) is 14.1. The number of hydrogen-bond acceptors (Lipinski definition) is 4. The fraction of sp³-hybridized carbons (Fsp3) is 0.316. The maximum Gasteiger partial charge on any atom is 0.253 e. The molecule has 0 aromatic heterocycles. The van der Waals surface area contributed by atoms with E-state index in [0.29, 0.717) is 24.2 Å². The highest BCUT2D eigenvalue weighted by Gasteiger charge is 2.26. The van der Waals surface area contributed by atoms with Crippen LogP contribution in [0, 0.1) is 6.92 Å². The molecule has 0 spiro atoms. The first kappa shape index (κ1) is 18.6. The maximum absolute atomic E-state index is 12.7. The smallest absolute Gasteiger partial charge is 0.253 e. The first-order valence-corrected chi connectivity index (χ1v) is 10.0. The molecule has 1 amide bonds. The molecule has 7 heteroatoms. The minimum Gasteiger partial charge on any atom is -0.337 e. The van der Waals surface area contributed by atoms with Gasteiger partial charge in [0.05, 0.1) is 4.90 Å². The van der Waals surface area contributed by atoms with Gasteiger partial charge in [-0.15, -0.1) is 0 Å². The van der Waals surface area contributed by atoms with E-state index in [1.807, 2.05) is 30.3 Å². The quantitative estimate of drug-likeness (QED) is 0.833. The molecule has 1 aliphatic heterocycles. The standard InChI is InChI=1S/C19H23N3O3S/c1-14-7-8-16(19(23)22-10-9-17(20)13-22)11-18(14)26(24,25)21-12-15-5-3-2-4-6-15/h2-8,11,17,21H,9-10,12-13,20H2,1H3/t17-/m1/s1. The van der Waals surface area contributed by atoms with Crippen LogP contribution in [0.25, 0.3) is 0 Å². The summed E-state index contributed by atoms with van der Waals surface area (Å²) in [6.45, 7) is 3.02. The third kappa shape index (κ3) is 4.12. The van der Waals surface area contributed by atoms with E-state index >= 15 is 0 Å². The zero-order valence-electron chi connectivity index (χ0n) is 14.7. The summed E-state index contributed by atoms with van der Waals surface area (Å²) in [5.41, 5.74) is 7.69. The lowest BCUT2D eigenvalue weighted by molar-refractivity contribution is 0.0790. The zero-order valence-corrected chi connectivity index (χ0v) is 15.5. The van der Waals surface area contributed by atoms with Gasteiger partial charge in [0.2, 0.25) is 10.0 Å². The van der Waals surface area contributed by atoms with E-state index < -0.39 is 10.0 Å². The van der Waals surface area contributed by atoms with Crippen molar-refractivity contribution in [3.8, 4) is 0 Å². The van der Waals surface area contributed by atoms with Crippen LogP contribution in [0.15, 0.2) is 53.4 Å². The SMILES string of the molecule is Cc1ccc(C(=O)N2CC[C@@H](N)C2)cc1S(=O)(=O)NCc1ccccc1. The van der Waals surface area contributed by atoms with Gasteiger partial charge in [0, 0.05) is 31.2 Å². The Labute approximate surface area is 154 Å². The largest absolute Gasteiger partial charge is 0.337 e. The predicted octanol–water partition coefficient (Wildman–Crippen LogP) is 1.65. The van der Waals surface area contributed by atoms with Crippen molar-refractivity contribution in [3.05, 3.63) is 65.2 Å². The average Bonchev–Trinajstić information content (AvgIpc) is 3.07. The second-order valence-electron chi connectivity index (χ2n) is 6.59. The second kappa shape index (κ2) is 7.57. The highest BCUT2D eigenvalue weighted by atomic mass is 32.2. The fourth-order valence-electron chi connectivity index (χ4n) is 3.03. The number of nitrogens with zero attached hydrogens (tertiary/aromatic N) is 1. The molecule has 2 aromatic carbocycles. The van der Waals surface area contributed by atoms with E-state index in [1.54, 1.807) is 24.0 Å². The lowest BCUT2D eigenvalue weighted by Gasteiger charge is -2.17. The molecule has 1 saturated heterocycles. The maximum atomic E-state index is 12.7. The topological polar surface area (TPSA) is 92.5 Å². The number of nitrogens with one attached hydrogen (secondary N) is 1. The van der Waals surface area contributed by atoms with Gasteiger partial charge in [0.15, 0.2) is 0 Å². The number of hydrogen-bond donors (Lipinski definition) is 2. The summed E-state index contributed by atoms with van der Waals surface area (Å²) in [7, 11) is -3.72.